The summed E-state index contributed by atoms with van der Waals surface area (Å²) in [6.45, 7) is 1.85. The largest absolute Gasteiger partial charge is 0.246 e. The van der Waals surface area contributed by atoms with Gasteiger partial charge in [-0.25, -0.2) is 13.4 Å². The highest BCUT2D eigenvalue weighted by Crippen LogP contribution is 2.36. The molecule has 0 bridgehead atoms. The van der Waals surface area contributed by atoms with Crippen molar-refractivity contribution in [3.63, 3.8) is 0 Å². The van der Waals surface area contributed by atoms with E-state index in [4.69, 9.17) is 4.98 Å². The summed E-state index contributed by atoms with van der Waals surface area (Å²) in [4.78, 5) is 5.27. The fraction of sp³-hybridized carbons (Fsp3) is 0.0455. The maximum absolute atomic E-state index is 13.5. The molecule has 0 unspecified atom stereocenters. The number of pyridine rings is 1. The van der Waals surface area contributed by atoms with Crippen LogP contribution in [0.15, 0.2) is 94.7 Å². The van der Waals surface area contributed by atoms with Crippen LogP contribution in [-0.4, -0.2) is 13.4 Å². The topological polar surface area (TPSA) is 47.0 Å². The number of fused-ring (bicyclic) bond motifs is 1. The van der Waals surface area contributed by atoms with E-state index in [0.29, 0.717) is 5.69 Å². The molecule has 4 rings (SSSR count). The Bertz CT molecular complexity index is 1180. The van der Waals surface area contributed by atoms with E-state index < -0.39 is 9.84 Å². The lowest BCUT2D eigenvalue weighted by Gasteiger charge is -2.15. The average molecular weight is 359 g/mol. The molecule has 0 radical (unpaired) electrons. The average Bonchev–Trinajstić information content (AvgIpc) is 2.69. The summed E-state index contributed by atoms with van der Waals surface area (Å²) < 4.78 is 26.9. The summed E-state index contributed by atoms with van der Waals surface area (Å²) in [5, 5.41) is 0.849. The minimum absolute atomic E-state index is 0.272. The van der Waals surface area contributed by atoms with E-state index in [-0.39, 0.29) is 9.79 Å². The van der Waals surface area contributed by atoms with Gasteiger partial charge in [0.2, 0.25) is 9.84 Å². The second-order valence-corrected chi connectivity index (χ2v) is 8.00. The predicted molar refractivity (Wildman–Crippen MR) is 104 cm³/mol. The van der Waals surface area contributed by atoms with Gasteiger partial charge in [0.25, 0.3) is 0 Å². The zero-order chi connectivity index (χ0) is 18.1. The Kier molecular flexibility index (Phi) is 4.05. The molecule has 0 spiro atoms. The quantitative estimate of drug-likeness (QED) is 0.515. The Morgan fingerprint density at radius 2 is 1.31 bits per heavy atom. The van der Waals surface area contributed by atoms with Crippen molar-refractivity contribution in [1.29, 1.82) is 0 Å². The lowest BCUT2D eigenvalue weighted by molar-refractivity contribution is 0.595. The Balaban J connectivity index is 2.12. The molecule has 4 aromatic rings. The first-order valence-electron chi connectivity index (χ1n) is 8.34. The predicted octanol–water partition coefficient (Wildman–Crippen LogP) is 5.04. The molecule has 0 fully saturated rings. The molecule has 0 aliphatic heterocycles. The third kappa shape index (κ3) is 2.68. The van der Waals surface area contributed by atoms with Gasteiger partial charge in [-0.15, -0.1) is 0 Å². The van der Waals surface area contributed by atoms with Crippen molar-refractivity contribution in [3.8, 4) is 11.3 Å². The zero-order valence-corrected chi connectivity index (χ0v) is 15.1. The van der Waals surface area contributed by atoms with E-state index in [0.717, 1.165) is 22.0 Å². The first-order valence-corrected chi connectivity index (χ1v) is 9.82. The van der Waals surface area contributed by atoms with E-state index in [2.05, 4.69) is 0 Å². The Labute approximate surface area is 152 Å². The number of nitrogens with zero attached hydrogens (tertiary/aromatic N) is 1. The smallest absolute Gasteiger partial charge is 0.209 e. The Hall–Kier alpha value is -2.98. The van der Waals surface area contributed by atoms with E-state index >= 15 is 0 Å². The molecule has 4 heteroatoms. The van der Waals surface area contributed by atoms with E-state index in [1.807, 2.05) is 67.6 Å². The van der Waals surface area contributed by atoms with Crippen LogP contribution in [0.1, 0.15) is 5.56 Å². The molecule has 0 aliphatic carbocycles. The number of hydrogen-bond donors (Lipinski definition) is 0. The van der Waals surface area contributed by atoms with Crippen molar-refractivity contribution in [3.05, 3.63) is 90.5 Å². The lowest BCUT2D eigenvalue weighted by Crippen LogP contribution is -2.08. The molecule has 0 N–H and O–H groups in total. The highest BCUT2D eigenvalue weighted by atomic mass is 32.2. The van der Waals surface area contributed by atoms with Crippen molar-refractivity contribution in [1.82, 2.24) is 4.98 Å². The number of hydrogen-bond acceptors (Lipinski definition) is 3. The number of rotatable bonds is 3. The van der Waals surface area contributed by atoms with Gasteiger partial charge < -0.3 is 0 Å². The molecule has 3 nitrogen and oxygen atoms in total. The fourth-order valence-electron chi connectivity index (χ4n) is 3.20. The third-order valence-electron chi connectivity index (χ3n) is 4.47. The molecule has 26 heavy (non-hydrogen) atoms. The minimum Gasteiger partial charge on any atom is -0.246 e. The van der Waals surface area contributed by atoms with Crippen molar-refractivity contribution >= 4 is 20.7 Å². The van der Waals surface area contributed by atoms with Crippen molar-refractivity contribution in [2.75, 3.05) is 0 Å². The number of aromatic nitrogens is 1. The van der Waals surface area contributed by atoms with Crippen LogP contribution in [0.25, 0.3) is 22.2 Å². The van der Waals surface area contributed by atoms with Crippen molar-refractivity contribution < 1.29 is 8.42 Å². The second kappa shape index (κ2) is 6.39. The van der Waals surface area contributed by atoms with Crippen LogP contribution < -0.4 is 0 Å². The molecular formula is C22H17NO2S. The Morgan fingerprint density at radius 3 is 2.00 bits per heavy atom. The highest BCUT2D eigenvalue weighted by Gasteiger charge is 2.26. The molecule has 1 heterocycles. The van der Waals surface area contributed by atoms with Gasteiger partial charge in [-0.1, -0.05) is 66.7 Å². The normalized spacial score (nSPS) is 11.6. The van der Waals surface area contributed by atoms with Gasteiger partial charge in [-0.3, -0.25) is 0 Å². The molecule has 3 aromatic carbocycles. The summed E-state index contributed by atoms with van der Waals surface area (Å²) in [6, 6.07) is 25.6. The maximum Gasteiger partial charge on any atom is 0.209 e. The summed E-state index contributed by atoms with van der Waals surface area (Å²) in [7, 11) is -3.70. The maximum atomic E-state index is 13.5. The van der Waals surface area contributed by atoms with Crippen LogP contribution in [-0.2, 0) is 9.84 Å². The van der Waals surface area contributed by atoms with Gasteiger partial charge in [-0.05, 0) is 30.7 Å². The van der Waals surface area contributed by atoms with E-state index in [1.165, 1.54) is 0 Å². The minimum atomic E-state index is -3.70. The third-order valence-corrected chi connectivity index (χ3v) is 6.40. The van der Waals surface area contributed by atoms with Gasteiger partial charge in [0.05, 0.1) is 16.1 Å². The molecule has 0 saturated heterocycles. The summed E-state index contributed by atoms with van der Waals surface area (Å²) in [5.41, 5.74) is 2.79. The molecule has 0 atom stereocenters. The second-order valence-electron chi connectivity index (χ2n) is 6.11. The van der Waals surface area contributed by atoms with E-state index in [9.17, 15) is 8.42 Å². The number of para-hydroxylation sites is 1. The van der Waals surface area contributed by atoms with Crippen molar-refractivity contribution in [2.24, 2.45) is 0 Å². The summed E-state index contributed by atoms with van der Waals surface area (Å²) in [6.07, 6.45) is 0. The van der Waals surface area contributed by atoms with E-state index in [1.54, 1.807) is 24.3 Å². The summed E-state index contributed by atoms with van der Waals surface area (Å²) in [5.74, 6) is 0. The van der Waals surface area contributed by atoms with Crippen LogP contribution in [0.4, 0.5) is 0 Å². The molecule has 0 amide bonds. The molecular weight excluding hydrogens is 342 g/mol. The molecule has 128 valence electrons. The van der Waals surface area contributed by atoms with Crippen LogP contribution in [0, 0.1) is 6.92 Å². The first kappa shape index (κ1) is 16.5. The molecule has 0 aliphatic rings. The zero-order valence-electron chi connectivity index (χ0n) is 14.3. The van der Waals surface area contributed by atoms with Gasteiger partial charge in [0, 0.05) is 10.9 Å². The van der Waals surface area contributed by atoms with Gasteiger partial charge in [0.15, 0.2) is 0 Å². The standard InChI is InChI=1S/C22H17NO2S/c1-16-19-14-8-9-15-20(19)23-21(17-10-4-2-5-11-17)22(16)26(24,25)18-12-6-3-7-13-18/h2-15H,1H3. The SMILES string of the molecule is Cc1c(S(=O)(=O)c2ccccc2)c(-c2ccccc2)nc2ccccc12. The van der Waals surface area contributed by atoms with Gasteiger partial charge in [-0.2, -0.15) is 0 Å². The number of sulfone groups is 1. The number of benzene rings is 3. The fourth-order valence-corrected chi connectivity index (χ4v) is 4.88. The van der Waals surface area contributed by atoms with Crippen LogP contribution in [0.2, 0.25) is 0 Å². The first-order chi connectivity index (χ1) is 12.6. The lowest BCUT2D eigenvalue weighted by atomic mass is 10.0. The van der Waals surface area contributed by atoms with Crippen LogP contribution in [0.5, 0.6) is 0 Å². The Morgan fingerprint density at radius 1 is 0.731 bits per heavy atom. The monoisotopic (exact) mass is 359 g/mol. The van der Waals surface area contributed by atoms with Crippen LogP contribution in [0.3, 0.4) is 0 Å². The molecule has 1 aromatic heterocycles. The van der Waals surface area contributed by atoms with Gasteiger partial charge in [0.1, 0.15) is 4.90 Å². The van der Waals surface area contributed by atoms with Crippen LogP contribution >= 0.6 is 0 Å². The highest BCUT2D eigenvalue weighted by molar-refractivity contribution is 7.91. The van der Waals surface area contributed by atoms with Crippen molar-refractivity contribution in [2.45, 2.75) is 16.7 Å². The summed E-state index contributed by atoms with van der Waals surface area (Å²) >= 11 is 0. The number of aryl methyl sites for hydroxylation is 1. The van der Waals surface area contributed by atoms with Gasteiger partial charge >= 0.3 is 0 Å². The molecule has 0 saturated carbocycles.